The fraction of sp³-hybridized carbons (Fsp3) is 0.474. The van der Waals surface area contributed by atoms with Crippen molar-refractivity contribution in [3.05, 3.63) is 39.9 Å². The number of benzene rings is 1. The van der Waals surface area contributed by atoms with Gasteiger partial charge in [-0.25, -0.2) is 9.18 Å². The molecule has 138 valence electrons. The summed E-state index contributed by atoms with van der Waals surface area (Å²) in [5.74, 6) is -1.23. The van der Waals surface area contributed by atoms with E-state index in [0.29, 0.717) is 23.7 Å². The maximum absolute atomic E-state index is 14.9. The number of rotatable bonds is 3. The third kappa shape index (κ3) is 2.58. The first-order valence-corrected chi connectivity index (χ1v) is 8.94. The van der Waals surface area contributed by atoms with E-state index in [9.17, 15) is 19.1 Å². The Hall–Kier alpha value is -2.41. The molecule has 2 aliphatic rings. The lowest BCUT2D eigenvalue weighted by Crippen LogP contribution is -2.40. The molecule has 2 bridgehead atoms. The number of aromatic nitrogens is 1. The summed E-state index contributed by atoms with van der Waals surface area (Å²) in [7, 11) is 2.08. The zero-order valence-corrected chi connectivity index (χ0v) is 14.9. The number of piperidine rings is 1. The Morgan fingerprint density at radius 2 is 2.08 bits per heavy atom. The van der Waals surface area contributed by atoms with Gasteiger partial charge in [0.1, 0.15) is 11.4 Å². The van der Waals surface area contributed by atoms with Gasteiger partial charge in [-0.2, -0.15) is 0 Å². The van der Waals surface area contributed by atoms with Crippen molar-refractivity contribution in [3.8, 4) is 0 Å². The third-order valence-corrected chi connectivity index (χ3v) is 5.62. The largest absolute Gasteiger partial charge is 0.477 e. The highest BCUT2D eigenvalue weighted by molar-refractivity contribution is 5.93. The Labute approximate surface area is 150 Å². The fourth-order valence-corrected chi connectivity index (χ4v) is 4.52. The minimum absolute atomic E-state index is 0.118. The zero-order chi connectivity index (χ0) is 18.6. The minimum Gasteiger partial charge on any atom is -0.477 e. The van der Waals surface area contributed by atoms with Crippen molar-refractivity contribution in [3.63, 3.8) is 0 Å². The molecule has 4 rings (SSSR count). The molecule has 6 nitrogen and oxygen atoms in total. The van der Waals surface area contributed by atoms with Gasteiger partial charge >= 0.3 is 5.97 Å². The van der Waals surface area contributed by atoms with Crippen LogP contribution in [0, 0.1) is 11.7 Å². The highest BCUT2D eigenvalue weighted by Crippen LogP contribution is 2.36. The second kappa shape index (κ2) is 6.09. The first-order valence-electron chi connectivity index (χ1n) is 8.94. The molecule has 2 aliphatic heterocycles. The second-order valence-electron chi connectivity index (χ2n) is 7.41. The van der Waals surface area contributed by atoms with Crippen LogP contribution in [0.2, 0.25) is 0 Å². The Bertz CT molecular complexity index is 955. The molecule has 2 unspecified atom stereocenters. The van der Waals surface area contributed by atoms with Gasteiger partial charge in [0.05, 0.1) is 11.2 Å². The Kier molecular flexibility index (Phi) is 3.99. The van der Waals surface area contributed by atoms with Crippen LogP contribution in [0.15, 0.2) is 23.1 Å². The van der Waals surface area contributed by atoms with Crippen LogP contribution in [0.1, 0.15) is 23.7 Å². The van der Waals surface area contributed by atoms with Crippen molar-refractivity contribution < 1.29 is 14.3 Å². The van der Waals surface area contributed by atoms with E-state index in [4.69, 9.17) is 0 Å². The lowest BCUT2D eigenvalue weighted by Gasteiger charge is -2.31. The average Bonchev–Trinajstić information content (AvgIpc) is 2.89. The molecule has 26 heavy (non-hydrogen) atoms. The number of fused-ring (bicyclic) bond motifs is 3. The lowest BCUT2D eigenvalue weighted by atomic mass is 10.0. The summed E-state index contributed by atoms with van der Waals surface area (Å²) in [6.45, 7) is 5.09. The van der Waals surface area contributed by atoms with E-state index in [1.807, 2.05) is 6.92 Å². The molecule has 2 aromatic rings. The molecule has 3 heterocycles. The van der Waals surface area contributed by atoms with E-state index >= 15 is 0 Å². The summed E-state index contributed by atoms with van der Waals surface area (Å²) in [5, 5.41) is 9.37. The van der Waals surface area contributed by atoms with E-state index in [1.54, 1.807) is 10.6 Å². The van der Waals surface area contributed by atoms with E-state index in [0.717, 1.165) is 26.1 Å². The van der Waals surface area contributed by atoms with Crippen LogP contribution < -0.4 is 10.3 Å². The van der Waals surface area contributed by atoms with Crippen LogP contribution in [0.3, 0.4) is 0 Å². The Balaban J connectivity index is 1.88. The van der Waals surface area contributed by atoms with Gasteiger partial charge in [-0.15, -0.1) is 0 Å². The fourth-order valence-electron chi connectivity index (χ4n) is 4.52. The second-order valence-corrected chi connectivity index (χ2v) is 7.41. The summed E-state index contributed by atoms with van der Waals surface area (Å²) in [6, 6.07) is 3.19. The number of anilines is 1. The standard InChI is InChI=1S/C19H22FN3O3/c1-3-22-10-14(19(25)26)18(24)13-5-15(20)17(6-16(13)22)23-8-11-4-12(23)9-21(2)7-11/h5-6,10-12H,3-4,7-9H2,1-2H3,(H,25,26). The average molecular weight is 359 g/mol. The molecule has 0 amide bonds. The molecule has 0 saturated carbocycles. The zero-order valence-electron chi connectivity index (χ0n) is 14.9. The number of likely N-dealkylation sites (tertiary alicyclic amines) is 1. The topological polar surface area (TPSA) is 65.8 Å². The first-order chi connectivity index (χ1) is 12.4. The quantitative estimate of drug-likeness (QED) is 0.908. The van der Waals surface area contributed by atoms with Gasteiger partial charge < -0.3 is 19.5 Å². The molecule has 0 aliphatic carbocycles. The van der Waals surface area contributed by atoms with Crippen molar-refractivity contribution in [1.82, 2.24) is 9.47 Å². The Morgan fingerprint density at radius 1 is 1.31 bits per heavy atom. The number of carboxylic acids is 1. The lowest BCUT2D eigenvalue weighted by molar-refractivity contribution is 0.0695. The maximum Gasteiger partial charge on any atom is 0.341 e. The van der Waals surface area contributed by atoms with Crippen molar-refractivity contribution in [2.75, 3.05) is 31.6 Å². The molecule has 1 N–H and O–H groups in total. The maximum atomic E-state index is 14.9. The number of pyridine rings is 1. The van der Waals surface area contributed by atoms with Crippen molar-refractivity contribution in [2.24, 2.45) is 5.92 Å². The monoisotopic (exact) mass is 359 g/mol. The highest BCUT2D eigenvalue weighted by atomic mass is 19.1. The first kappa shape index (κ1) is 17.0. The van der Waals surface area contributed by atoms with Gasteiger partial charge in [0.15, 0.2) is 0 Å². The molecular weight excluding hydrogens is 337 g/mol. The third-order valence-electron chi connectivity index (χ3n) is 5.62. The summed E-state index contributed by atoms with van der Waals surface area (Å²) >= 11 is 0. The molecule has 0 spiro atoms. The normalized spacial score (nSPS) is 23.0. The number of nitrogens with zero attached hydrogens (tertiary/aromatic N) is 3. The van der Waals surface area contributed by atoms with Gasteiger partial charge in [-0.1, -0.05) is 0 Å². The molecule has 2 atom stereocenters. The van der Waals surface area contributed by atoms with Crippen molar-refractivity contribution >= 4 is 22.6 Å². The molecular formula is C19H22FN3O3. The number of hydrogen-bond acceptors (Lipinski definition) is 4. The molecule has 0 radical (unpaired) electrons. The summed E-state index contributed by atoms with van der Waals surface area (Å²) in [6.07, 6.45) is 2.41. The number of likely N-dealkylation sites (N-methyl/N-ethyl adjacent to an activating group) is 1. The van der Waals surface area contributed by atoms with Gasteiger partial charge in [0.25, 0.3) is 0 Å². The van der Waals surface area contributed by atoms with Crippen LogP contribution in [0.5, 0.6) is 0 Å². The number of aromatic carboxylic acids is 1. The van der Waals surface area contributed by atoms with Crippen LogP contribution in [-0.2, 0) is 6.54 Å². The molecule has 1 aromatic heterocycles. The SMILES string of the molecule is CCn1cc(C(=O)O)c(=O)c2cc(F)c(N3CC4CC3CN(C)C4)cc21. The van der Waals surface area contributed by atoms with Crippen LogP contribution in [0.25, 0.3) is 10.9 Å². The van der Waals surface area contributed by atoms with Gasteiger partial charge in [0, 0.05) is 43.8 Å². The molecule has 7 heteroatoms. The van der Waals surface area contributed by atoms with E-state index in [1.165, 1.54) is 12.3 Å². The van der Waals surface area contributed by atoms with Crippen LogP contribution in [0.4, 0.5) is 10.1 Å². The predicted molar refractivity (Wildman–Crippen MR) is 97.5 cm³/mol. The van der Waals surface area contributed by atoms with E-state index < -0.39 is 17.2 Å². The number of carboxylic acid groups (broad SMARTS) is 1. The number of halogens is 1. The van der Waals surface area contributed by atoms with Gasteiger partial charge in [0.2, 0.25) is 5.43 Å². The number of carbonyl (C=O) groups is 1. The minimum atomic E-state index is -1.29. The Morgan fingerprint density at radius 3 is 2.77 bits per heavy atom. The van der Waals surface area contributed by atoms with E-state index in [-0.39, 0.29) is 17.0 Å². The van der Waals surface area contributed by atoms with Crippen molar-refractivity contribution in [2.45, 2.75) is 25.9 Å². The summed E-state index contributed by atoms with van der Waals surface area (Å²) in [5.41, 5.74) is 0.117. The van der Waals surface area contributed by atoms with Crippen LogP contribution >= 0.6 is 0 Å². The van der Waals surface area contributed by atoms with Crippen molar-refractivity contribution in [1.29, 1.82) is 0 Å². The molecule has 1 aromatic carbocycles. The summed E-state index contributed by atoms with van der Waals surface area (Å²) in [4.78, 5) is 28.2. The molecule has 2 fully saturated rings. The van der Waals surface area contributed by atoms with Gasteiger partial charge in [-0.05, 0) is 38.4 Å². The highest BCUT2D eigenvalue weighted by Gasteiger charge is 2.38. The number of aryl methyl sites for hydroxylation is 1. The smallest absolute Gasteiger partial charge is 0.341 e. The van der Waals surface area contributed by atoms with Gasteiger partial charge in [-0.3, -0.25) is 4.79 Å². The number of hydrogen-bond donors (Lipinski definition) is 1. The predicted octanol–water partition coefficient (Wildman–Crippen LogP) is 2.00. The molecule has 2 saturated heterocycles. The summed E-state index contributed by atoms with van der Waals surface area (Å²) < 4.78 is 16.6. The van der Waals surface area contributed by atoms with Crippen LogP contribution in [-0.4, -0.2) is 53.3 Å². The van der Waals surface area contributed by atoms with E-state index in [2.05, 4.69) is 16.8 Å².